The van der Waals surface area contributed by atoms with Gasteiger partial charge in [0, 0.05) is 19.3 Å². The van der Waals surface area contributed by atoms with Crippen molar-refractivity contribution in [3.63, 3.8) is 0 Å². The summed E-state index contributed by atoms with van der Waals surface area (Å²) in [6.45, 7) is 6.21. The van der Waals surface area contributed by atoms with E-state index in [1.807, 2.05) is 12.2 Å². The summed E-state index contributed by atoms with van der Waals surface area (Å²) in [4.78, 5) is 37.5. The van der Waals surface area contributed by atoms with Crippen LogP contribution in [0.15, 0.2) is 109 Å². The first kappa shape index (κ1) is 52.1. The van der Waals surface area contributed by atoms with Gasteiger partial charge in [-0.3, -0.25) is 14.4 Å². The molecular weight excluding hydrogens is 697 g/mol. The summed E-state index contributed by atoms with van der Waals surface area (Å²) in [6, 6.07) is 0. The molecule has 0 aliphatic carbocycles. The minimum absolute atomic E-state index is 0.120. The van der Waals surface area contributed by atoms with Gasteiger partial charge >= 0.3 is 17.9 Å². The fourth-order valence-corrected chi connectivity index (χ4v) is 5.30. The van der Waals surface area contributed by atoms with Gasteiger partial charge < -0.3 is 14.2 Å². The molecule has 0 aromatic rings. The first-order chi connectivity index (χ1) is 27.5. The zero-order valence-electron chi connectivity index (χ0n) is 35.6. The van der Waals surface area contributed by atoms with Crippen molar-refractivity contribution in [3.8, 4) is 0 Å². The molecule has 0 fully saturated rings. The van der Waals surface area contributed by atoms with E-state index in [1.165, 1.54) is 19.3 Å². The quantitative estimate of drug-likeness (QED) is 0.0271. The highest BCUT2D eigenvalue weighted by atomic mass is 16.6. The number of rotatable bonds is 37. The van der Waals surface area contributed by atoms with E-state index in [-0.39, 0.29) is 31.6 Å². The molecule has 0 rings (SSSR count). The molecule has 0 amide bonds. The summed E-state index contributed by atoms with van der Waals surface area (Å²) in [7, 11) is 0. The van der Waals surface area contributed by atoms with E-state index >= 15 is 0 Å². The highest BCUT2D eigenvalue weighted by molar-refractivity contribution is 5.71. The lowest BCUT2D eigenvalue weighted by Gasteiger charge is -2.18. The van der Waals surface area contributed by atoms with Gasteiger partial charge in [-0.05, 0) is 89.9 Å². The van der Waals surface area contributed by atoms with Gasteiger partial charge in [-0.25, -0.2) is 0 Å². The summed E-state index contributed by atoms with van der Waals surface area (Å²) in [5, 5.41) is 0. The molecule has 0 saturated heterocycles. The topological polar surface area (TPSA) is 78.9 Å². The molecule has 0 radical (unpaired) electrons. The highest BCUT2D eigenvalue weighted by Crippen LogP contribution is 2.10. The van der Waals surface area contributed by atoms with E-state index in [0.29, 0.717) is 19.3 Å². The molecule has 0 spiro atoms. The monoisotopic (exact) mass is 775 g/mol. The second-order valence-corrected chi connectivity index (χ2v) is 13.8. The number of hydrogen-bond donors (Lipinski definition) is 0. The standard InChI is InChI=1S/C50H78O6/c1-4-7-10-13-16-18-20-22-23-24-25-26-27-29-30-32-34-37-40-43-49(52)55-46-47(45-54-48(51)42-39-36-15-12-9-6-3)56-50(53)44-41-38-35-33-31-28-21-19-17-14-11-8-5-2/h7-8,10-11,16-19,22-23,25-26,28-31,35,38,47H,4-6,9,12-15,20-21,24,27,32-34,36-37,39-46H2,1-3H3/b10-7-,11-8-,18-16-,19-17-,23-22-,26-25-,30-29-,31-28-,38-35-. The third-order valence-corrected chi connectivity index (χ3v) is 8.54. The summed E-state index contributed by atoms with van der Waals surface area (Å²) in [5.74, 6) is -1.06. The van der Waals surface area contributed by atoms with Gasteiger partial charge in [0.05, 0.1) is 0 Å². The average molecular weight is 775 g/mol. The third kappa shape index (κ3) is 41.2. The molecule has 0 aromatic carbocycles. The smallest absolute Gasteiger partial charge is 0.306 e. The minimum atomic E-state index is -0.826. The maximum Gasteiger partial charge on any atom is 0.306 e. The van der Waals surface area contributed by atoms with E-state index in [1.54, 1.807) is 0 Å². The maximum absolute atomic E-state index is 12.6. The molecule has 0 aliphatic heterocycles. The molecular formula is C50H78O6. The first-order valence-electron chi connectivity index (χ1n) is 21.9. The van der Waals surface area contributed by atoms with Crippen LogP contribution >= 0.6 is 0 Å². The van der Waals surface area contributed by atoms with Gasteiger partial charge in [-0.2, -0.15) is 0 Å². The van der Waals surface area contributed by atoms with E-state index in [0.717, 1.165) is 103 Å². The number of carbonyl (C=O) groups is 3. The van der Waals surface area contributed by atoms with Crippen molar-refractivity contribution in [3.05, 3.63) is 109 Å². The van der Waals surface area contributed by atoms with Gasteiger partial charge in [0.2, 0.25) is 0 Å². The molecule has 0 saturated carbocycles. The average Bonchev–Trinajstić information content (AvgIpc) is 3.19. The van der Waals surface area contributed by atoms with Crippen LogP contribution in [0.3, 0.4) is 0 Å². The molecule has 0 aromatic heterocycles. The van der Waals surface area contributed by atoms with E-state index in [4.69, 9.17) is 14.2 Å². The van der Waals surface area contributed by atoms with Gasteiger partial charge in [-0.1, -0.05) is 169 Å². The van der Waals surface area contributed by atoms with Gasteiger partial charge in [0.25, 0.3) is 0 Å². The second-order valence-electron chi connectivity index (χ2n) is 13.8. The molecule has 0 aliphatic rings. The minimum Gasteiger partial charge on any atom is -0.462 e. The van der Waals surface area contributed by atoms with Crippen molar-refractivity contribution in [2.45, 2.75) is 175 Å². The van der Waals surface area contributed by atoms with Crippen LogP contribution in [0, 0.1) is 0 Å². The number of allylic oxidation sites excluding steroid dienone is 18. The van der Waals surface area contributed by atoms with E-state index in [2.05, 4.69) is 118 Å². The number of esters is 3. The molecule has 6 heteroatoms. The fraction of sp³-hybridized carbons (Fsp3) is 0.580. The van der Waals surface area contributed by atoms with Crippen LogP contribution in [0.1, 0.15) is 168 Å². The Kier molecular flexibility index (Phi) is 40.7. The number of hydrogen-bond acceptors (Lipinski definition) is 6. The van der Waals surface area contributed by atoms with Crippen LogP contribution < -0.4 is 0 Å². The predicted molar refractivity (Wildman–Crippen MR) is 237 cm³/mol. The molecule has 0 bridgehead atoms. The number of unbranched alkanes of at least 4 members (excludes halogenated alkanes) is 8. The Morgan fingerprint density at radius 2 is 0.732 bits per heavy atom. The Balaban J connectivity index is 4.45. The van der Waals surface area contributed by atoms with Crippen molar-refractivity contribution in [2.24, 2.45) is 0 Å². The van der Waals surface area contributed by atoms with E-state index < -0.39 is 12.1 Å². The van der Waals surface area contributed by atoms with Crippen molar-refractivity contribution < 1.29 is 28.6 Å². The van der Waals surface area contributed by atoms with Crippen molar-refractivity contribution in [2.75, 3.05) is 13.2 Å². The highest BCUT2D eigenvalue weighted by Gasteiger charge is 2.19. The Hall–Kier alpha value is -3.93. The first-order valence-corrected chi connectivity index (χ1v) is 21.9. The van der Waals surface area contributed by atoms with Gasteiger partial charge in [0.1, 0.15) is 13.2 Å². The normalized spacial score (nSPS) is 13.1. The number of ether oxygens (including phenoxy) is 3. The molecule has 1 atom stereocenters. The van der Waals surface area contributed by atoms with E-state index in [9.17, 15) is 14.4 Å². The predicted octanol–water partition coefficient (Wildman–Crippen LogP) is 14.0. The molecule has 314 valence electrons. The Labute approximate surface area is 342 Å². The second kappa shape index (κ2) is 43.8. The van der Waals surface area contributed by atoms with Crippen LogP contribution in [0.2, 0.25) is 0 Å². The SMILES string of the molecule is CC/C=C\C/C=C\C/C=C\C/C=C\C/C=C\CCCCCC(=O)OCC(COC(=O)CCCCCCCC)OC(=O)CC/C=C\C/C=C\C/C=C\C/C=C\CC. The Bertz CT molecular complexity index is 1210. The van der Waals surface area contributed by atoms with Gasteiger partial charge in [0.15, 0.2) is 6.10 Å². The van der Waals surface area contributed by atoms with Crippen LogP contribution in [0.4, 0.5) is 0 Å². The molecule has 0 heterocycles. The van der Waals surface area contributed by atoms with Crippen LogP contribution in [0.5, 0.6) is 0 Å². The summed E-state index contributed by atoms with van der Waals surface area (Å²) in [6.07, 6.45) is 58.2. The van der Waals surface area contributed by atoms with Crippen molar-refractivity contribution >= 4 is 17.9 Å². The number of carbonyl (C=O) groups excluding carboxylic acids is 3. The Morgan fingerprint density at radius 3 is 1.16 bits per heavy atom. The van der Waals surface area contributed by atoms with Crippen LogP contribution in [-0.2, 0) is 28.6 Å². The summed E-state index contributed by atoms with van der Waals surface area (Å²) < 4.78 is 16.5. The zero-order chi connectivity index (χ0) is 40.8. The molecule has 56 heavy (non-hydrogen) atoms. The van der Waals surface area contributed by atoms with Crippen LogP contribution in [0.25, 0.3) is 0 Å². The van der Waals surface area contributed by atoms with Gasteiger partial charge in [-0.15, -0.1) is 0 Å². The zero-order valence-corrected chi connectivity index (χ0v) is 35.6. The molecule has 0 N–H and O–H groups in total. The fourth-order valence-electron chi connectivity index (χ4n) is 5.30. The Morgan fingerprint density at radius 1 is 0.375 bits per heavy atom. The largest absolute Gasteiger partial charge is 0.462 e. The lowest BCUT2D eigenvalue weighted by atomic mass is 10.1. The lowest BCUT2D eigenvalue weighted by molar-refractivity contribution is -0.166. The summed E-state index contributed by atoms with van der Waals surface area (Å²) in [5.41, 5.74) is 0. The lowest BCUT2D eigenvalue weighted by Crippen LogP contribution is -2.30. The van der Waals surface area contributed by atoms with Crippen LogP contribution in [-0.4, -0.2) is 37.2 Å². The summed E-state index contributed by atoms with van der Waals surface area (Å²) >= 11 is 0. The molecule has 6 nitrogen and oxygen atoms in total. The third-order valence-electron chi connectivity index (χ3n) is 8.54. The molecule has 1 unspecified atom stereocenters. The maximum atomic E-state index is 12.6. The van der Waals surface area contributed by atoms with Crippen molar-refractivity contribution in [1.29, 1.82) is 0 Å². The van der Waals surface area contributed by atoms with Crippen molar-refractivity contribution in [1.82, 2.24) is 0 Å².